The van der Waals surface area contributed by atoms with Gasteiger partial charge in [0.05, 0.1) is 17.7 Å². The number of terminal acetylenes is 1. The first-order valence-electron chi connectivity index (χ1n) is 14.6. The smallest absolute Gasteiger partial charge is 0.319 e. The normalized spacial score (nSPS) is 22.6. The first kappa shape index (κ1) is 27.7. The summed E-state index contributed by atoms with van der Waals surface area (Å²) in [4.78, 5) is 13.5. The van der Waals surface area contributed by atoms with Gasteiger partial charge in [-0.1, -0.05) is 18.1 Å². The van der Waals surface area contributed by atoms with E-state index >= 15 is 4.39 Å². The fraction of sp³-hybridized carbons (Fsp3) is 0.394. The lowest BCUT2D eigenvalue weighted by Gasteiger charge is -2.31. The van der Waals surface area contributed by atoms with Crippen LogP contribution < -0.4 is 9.64 Å². The van der Waals surface area contributed by atoms with Crippen molar-refractivity contribution >= 4 is 27.5 Å². The molecule has 2 atom stereocenters. The zero-order chi connectivity index (χ0) is 29.7. The van der Waals surface area contributed by atoms with Crippen LogP contribution in [0.5, 0.6) is 11.8 Å². The van der Waals surface area contributed by atoms with E-state index in [-0.39, 0.29) is 40.6 Å². The summed E-state index contributed by atoms with van der Waals surface area (Å²) in [6.45, 7) is 3.71. The van der Waals surface area contributed by atoms with Gasteiger partial charge in [-0.25, -0.2) is 13.2 Å². The second-order valence-electron chi connectivity index (χ2n) is 11.6. The van der Waals surface area contributed by atoms with Crippen molar-refractivity contribution in [2.45, 2.75) is 37.4 Å². The monoisotopic (exact) mass is 588 g/mol. The van der Waals surface area contributed by atoms with E-state index in [9.17, 15) is 13.9 Å². The van der Waals surface area contributed by atoms with E-state index in [0.29, 0.717) is 61.2 Å². The van der Waals surface area contributed by atoms with Crippen molar-refractivity contribution < 1.29 is 27.8 Å². The molecule has 3 saturated heterocycles. The number of anilines is 1. The third kappa shape index (κ3) is 4.81. The summed E-state index contributed by atoms with van der Waals surface area (Å²) < 4.78 is 57.7. The first-order valence-corrected chi connectivity index (χ1v) is 14.6. The number of aromatic hydroxyl groups is 1. The number of ether oxygens (including phenoxy) is 2. The van der Waals surface area contributed by atoms with Crippen LogP contribution >= 0.6 is 0 Å². The molecule has 0 spiro atoms. The third-order valence-corrected chi connectivity index (χ3v) is 9.00. The van der Waals surface area contributed by atoms with E-state index in [2.05, 4.69) is 15.8 Å². The van der Waals surface area contributed by atoms with E-state index < -0.39 is 23.3 Å². The predicted molar refractivity (Wildman–Crippen MR) is 158 cm³/mol. The minimum absolute atomic E-state index is 0.00312. The minimum atomic E-state index is -0.913. The molecule has 3 fully saturated rings. The lowest BCUT2D eigenvalue weighted by molar-refractivity contribution is 0.107. The lowest BCUT2D eigenvalue weighted by Crippen LogP contribution is -2.43. The molecule has 4 heterocycles. The van der Waals surface area contributed by atoms with Crippen molar-refractivity contribution in [3.63, 3.8) is 0 Å². The highest BCUT2D eigenvalue weighted by atomic mass is 19.1. The van der Waals surface area contributed by atoms with Gasteiger partial charge in [0, 0.05) is 49.0 Å². The van der Waals surface area contributed by atoms with Gasteiger partial charge >= 0.3 is 6.01 Å². The number of fused-ring (bicyclic) bond motifs is 3. The highest BCUT2D eigenvalue weighted by Gasteiger charge is 2.49. The molecule has 0 saturated carbocycles. The first-order chi connectivity index (χ1) is 20.9. The lowest BCUT2D eigenvalue weighted by atomic mass is 9.93. The molecule has 1 aromatic heterocycles. The van der Waals surface area contributed by atoms with Gasteiger partial charge < -0.3 is 19.5 Å². The molecule has 1 unspecified atom stereocenters. The van der Waals surface area contributed by atoms with Crippen molar-refractivity contribution in [2.75, 3.05) is 50.9 Å². The van der Waals surface area contributed by atoms with Crippen LogP contribution in [0.2, 0.25) is 0 Å². The SMILES string of the molecule is C#Cc1c(F)ccc2cc(O)cc(-c3ccc4c(N5CCCOCC5)nc(OCC56CCCN5C[C@H](F)C6)nc4c3F)c12. The molecular weight excluding hydrogens is 557 g/mol. The quantitative estimate of drug-likeness (QED) is 0.305. The summed E-state index contributed by atoms with van der Waals surface area (Å²) in [7, 11) is 0. The van der Waals surface area contributed by atoms with Crippen LogP contribution in [0.3, 0.4) is 0 Å². The molecule has 43 heavy (non-hydrogen) atoms. The van der Waals surface area contributed by atoms with E-state index in [1.807, 2.05) is 4.90 Å². The molecule has 4 aromatic rings. The largest absolute Gasteiger partial charge is 0.508 e. The standard InChI is InChI=1S/C33H31F3N4O3/c1-2-23-27(35)8-5-20-15-22(41)16-26(28(20)23)24-6-7-25-30(29(24)36)37-32(38-31(25)39-10-4-13-42-14-12-39)43-19-33-9-3-11-40(33)18-21(34)17-33/h1,5-8,15-16,21,41H,3-4,9-14,17-19H2/t21-,33?/m1/s1. The van der Waals surface area contributed by atoms with Gasteiger partial charge in [-0.2, -0.15) is 9.97 Å². The number of rotatable bonds is 5. The van der Waals surface area contributed by atoms with Gasteiger partial charge in [0.1, 0.15) is 35.7 Å². The molecule has 0 bridgehead atoms. The Hall–Kier alpha value is -4.07. The number of phenols is 1. The zero-order valence-corrected chi connectivity index (χ0v) is 23.6. The molecule has 3 aliphatic rings. The third-order valence-electron chi connectivity index (χ3n) is 9.00. The Morgan fingerprint density at radius 2 is 1.95 bits per heavy atom. The Morgan fingerprint density at radius 1 is 1.07 bits per heavy atom. The van der Waals surface area contributed by atoms with Crippen molar-refractivity contribution in [3.05, 3.63) is 53.6 Å². The van der Waals surface area contributed by atoms with Crippen molar-refractivity contribution in [2.24, 2.45) is 0 Å². The zero-order valence-electron chi connectivity index (χ0n) is 23.6. The fourth-order valence-corrected chi connectivity index (χ4v) is 7.02. The van der Waals surface area contributed by atoms with Crippen LogP contribution in [0, 0.1) is 24.0 Å². The molecule has 3 aliphatic heterocycles. The van der Waals surface area contributed by atoms with Crippen LogP contribution in [-0.4, -0.2) is 77.7 Å². The van der Waals surface area contributed by atoms with Crippen LogP contribution in [-0.2, 0) is 4.74 Å². The van der Waals surface area contributed by atoms with Gasteiger partial charge in [-0.15, -0.1) is 6.42 Å². The number of halogens is 3. The number of aromatic nitrogens is 2. The molecule has 0 amide bonds. The van der Waals surface area contributed by atoms with Crippen LogP contribution in [0.1, 0.15) is 31.2 Å². The van der Waals surface area contributed by atoms with Crippen molar-refractivity contribution in [1.82, 2.24) is 14.9 Å². The van der Waals surface area contributed by atoms with Gasteiger partial charge in [0.15, 0.2) is 5.82 Å². The highest BCUT2D eigenvalue weighted by Crippen LogP contribution is 2.42. The molecule has 10 heteroatoms. The van der Waals surface area contributed by atoms with Gasteiger partial charge in [-0.3, -0.25) is 4.90 Å². The number of benzene rings is 3. The maximum absolute atomic E-state index is 16.7. The Labute approximate surface area is 247 Å². The van der Waals surface area contributed by atoms with E-state index in [4.69, 9.17) is 20.9 Å². The molecule has 7 rings (SSSR count). The van der Waals surface area contributed by atoms with Gasteiger partial charge in [0.2, 0.25) is 0 Å². The maximum atomic E-state index is 16.7. The predicted octanol–water partition coefficient (Wildman–Crippen LogP) is 5.60. The average molecular weight is 589 g/mol. The number of phenolic OH excluding ortho intramolecular Hbond substituents is 1. The van der Waals surface area contributed by atoms with Crippen LogP contribution in [0.25, 0.3) is 32.8 Å². The Morgan fingerprint density at radius 3 is 2.81 bits per heavy atom. The summed E-state index contributed by atoms with van der Waals surface area (Å²) in [5, 5.41) is 11.8. The second kappa shape index (κ2) is 10.9. The summed E-state index contributed by atoms with van der Waals surface area (Å²) in [6, 6.07) is 8.87. The maximum Gasteiger partial charge on any atom is 0.319 e. The van der Waals surface area contributed by atoms with E-state index in [0.717, 1.165) is 25.8 Å². The number of hydrogen-bond donors (Lipinski definition) is 1. The number of hydrogen-bond acceptors (Lipinski definition) is 7. The van der Waals surface area contributed by atoms with Crippen LogP contribution in [0.15, 0.2) is 36.4 Å². The molecule has 3 aromatic carbocycles. The average Bonchev–Trinajstić information content (AvgIpc) is 3.37. The molecule has 0 aliphatic carbocycles. The Kier molecular flexibility index (Phi) is 7.02. The van der Waals surface area contributed by atoms with Crippen LogP contribution in [0.4, 0.5) is 19.0 Å². The fourth-order valence-electron chi connectivity index (χ4n) is 7.02. The topological polar surface area (TPSA) is 71.0 Å². The molecule has 0 radical (unpaired) electrons. The Bertz CT molecular complexity index is 1770. The number of nitrogens with zero attached hydrogens (tertiary/aromatic N) is 4. The van der Waals surface area contributed by atoms with E-state index in [1.54, 1.807) is 12.1 Å². The highest BCUT2D eigenvalue weighted by molar-refractivity contribution is 6.04. The molecule has 1 N–H and O–H groups in total. The summed E-state index contributed by atoms with van der Waals surface area (Å²) >= 11 is 0. The molecule has 222 valence electrons. The number of alkyl halides is 1. The molecule has 7 nitrogen and oxygen atoms in total. The summed E-state index contributed by atoms with van der Waals surface area (Å²) in [5.41, 5.74) is -0.0827. The minimum Gasteiger partial charge on any atom is -0.508 e. The second-order valence-corrected chi connectivity index (χ2v) is 11.6. The van der Waals surface area contributed by atoms with E-state index in [1.165, 1.54) is 24.3 Å². The van der Waals surface area contributed by atoms with Crippen molar-refractivity contribution in [3.8, 4) is 35.2 Å². The Balaban J connectivity index is 1.38. The summed E-state index contributed by atoms with van der Waals surface area (Å²) in [6.07, 6.45) is 7.69. The van der Waals surface area contributed by atoms with Crippen molar-refractivity contribution in [1.29, 1.82) is 0 Å². The van der Waals surface area contributed by atoms with Gasteiger partial charge in [-0.05, 0) is 61.0 Å². The van der Waals surface area contributed by atoms with Gasteiger partial charge in [0.25, 0.3) is 0 Å². The molecular formula is C33H31F3N4O3. The summed E-state index contributed by atoms with van der Waals surface area (Å²) in [5.74, 6) is 1.49.